The first-order chi connectivity index (χ1) is 11.2. The van der Waals surface area contributed by atoms with E-state index in [0.29, 0.717) is 18.7 Å². The molecule has 0 atom stereocenters. The zero-order chi connectivity index (χ0) is 15.8. The van der Waals surface area contributed by atoms with E-state index >= 15 is 0 Å². The Balaban J connectivity index is 1.50. The predicted octanol–water partition coefficient (Wildman–Crippen LogP) is 1.76. The van der Waals surface area contributed by atoms with Gasteiger partial charge in [0.25, 0.3) is 5.91 Å². The van der Waals surface area contributed by atoms with Crippen LogP contribution in [0.4, 0.5) is 5.69 Å². The van der Waals surface area contributed by atoms with Gasteiger partial charge in [0.05, 0.1) is 12.6 Å². The van der Waals surface area contributed by atoms with Crippen molar-refractivity contribution in [1.82, 2.24) is 14.7 Å². The van der Waals surface area contributed by atoms with Gasteiger partial charge in [-0.3, -0.25) is 14.0 Å². The first-order valence-corrected chi connectivity index (χ1v) is 7.33. The largest absolute Gasteiger partial charge is 0.347 e. The number of amides is 2. The molecule has 0 spiro atoms. The van der Waals surface area contributed by atoms with Crippen molar-refractivity contribution in [3.63, 3.8) is 0 Å². The van der Waals surface area contributed by atoms with Gasteiger partial charge in [0.15, 0.2) is 0 Å². The van der Waals surface area contributed by atoms with Gasteiger partial charge in [-0.1, -0.05) is 18.2 Å². The minimum atomic E-state index is -0.182. The first kappa shape index (κ1) is 13.5. The first-order valence-electron chi connectivity index (χ1n) is 7.33. The van der Waals surface area contributed by atoms with E-state index in [1.165, 1.54) is 0 Å². The summed E-state index contributed by atoms with van der Waals surface area (Å²) in [7, 11) is 0. The molecular formula is C17H14N4O2. The monoisotopic (exact) mass is 306 g/mol. The van der Waals surface area contributed by atoms with Crippen molar-refractivity contribution in [3.05, 3.63) is 65.6 Å². The molecule has 3 heterocycles. The summed E-state index contributed by atoms with van der Waals surface area (Å²) in [4.78, 5) is 27.9. The third kappa shape index (κ3) is 2.44. The van der Waals surface area contributed by atoms with E-state index in [-0.39, 0.29) is 11.8 Å². The van der Waals surface area contributed by atoms with Crippen LogP contribution in [0.25, 0.3) is 5.65 Å². The number of fused-ring (bicyclic) bond motifs is 2. The summed E-state index contributed by atoms with van der Waals surface area (Å²) in [5.41, 5.74) is 4.02. The van der Waals surface area contributed by atoms with Crippen LogP contribution < -0.4 is 10.6 Å². The standard InChI is InChI=1S/C17H14N4O2/c22-16-8-12-7-11(4-5-13(12)20-16)9-19-17(23)14-10-18-15-3-1-2-6-21(14)15/h1-7,10H,8-9H2,(H,19,23)(H,20,22). The molecule has 6 heteroatoms. The average Bonchev–Trinajstić information content (AvgIpc) is 3.14. The van der Waals surface area contributed by atoms with E-state index in [9.17, 15) is 9.59 Å². The molecule has 2 N–H and O–H groups in total. The summed E-state index contributed by atoms with van der Waals surface area (Å²) in [6.45, 7) is 0.403. The SMILES string of the molecule is O=C1Cc2cc(CNC(=O)c3cnc4ccccn34)ccc2N1. The fourth-order valence-electron chi connectivity index (χ4n) is 2.77. The van der Waals surface area contributed by atoms with Gasteiger partial charge in [-0.2, -0.15) is 0 Å². The van der Waals surface area contributed by atoms with E-state index in [1.807, 2.05) is 42.6 Å². The number of rotatable bonds is 3. The quantitative estimate of drug-likeness (QED) is 0.774. The van der Waals surface area contributed by atoms with Crippen LogP contribution in [-0.2, 0) is 17.8 Å². The highest BCUT2D eigenvalue weighted by atomic mass is 16.2. The highest BCUT2D eigenvalue weighted by molar-refractivity contribution is 5.99. The Labute approximate surface area is 132 Å². The van der Waals surface area contributed by atoms with Gasteiger partial charge >= 0.3 is 0 Å². The van der Waals surface area contributed by atoms with E-state index in [2.05, 4.69) is 15.6 Å². The molecule has 1 aromatic carbocycles. The molecule has 0 aliphatic carbocycles. The second kappa shape index (κ2) is 5.24. The van der Waals surface area contributed by atoms with Gasteiger partial charge < -0.3 is 10.6 Å². The molecule has 0 saturated heterocycles. The summed E-state index contributed by atoms with van der Waals surface area (Å²) >= 11 is 0. The highest BCUT2D eigenvalue weighted by Crippen LogP contribution is 2.23. The Morgan fingerprint density at radius 2 is 2.22 bits per heavy atom. The lowest BCUT2D eigenvalue weighted by Crippen LogP contribution is -2.24. The van der Waals surface area contributed by atoms with Crippen molar-refractivity contribution >= 4 is 23.1 Å². The molecule has 3 aromatic rings. The number of benzene rings is 1. The van der Waals surface area contributed by atoms with Crippen LogP contribution in [-0.4, -0.2) is 21.2 Å². The number of hydrogen-bond donors (Lipinski definition) is 2. The smallest absolute Gasteiger partial charge is 0.270 e. The number of aromatic nitrogens is 2. The Bertz CT molecular complexity index is 929. The Morgan fingerprint density at radius 3 is 3.13 bits per heavy atom. The number of nitrogens with zero attached hydrogens (tertiary/aromatic N) is 2. The van der Waals surface area contributed by atoms with Crippen molar-refractivity contribution in [2.24, 2.45) is 0 Å². The maximum absolute atomic E-state index is 12.3. The molecule has 1 aliphatic rings. The molecule has 6 nitrogen and oxygen atoms in total. The van der Waals surface area contributed by atoms with E-state index in [1.54, 1.807) is 10.6 Å². The summed E-state index contributed by atoms with van der Waals surface area (Å²) in [5.74, 6) is -0.176. The zero-order valence-electron chi connectivity index (χ0n) is 12.2. The van der Waals surface area contributed by atoms with Gasteiger partial charge in [0.2, 0.25) is 5.91 Å². The van der Waals surface area contributed by atoms with Crippen molar-refractivity contribution in [2.75, 3.05) is 5.32 Å². The minimum absolute atomic E-state index is 0.00640. The van der Waals surface area contributed by atoms with Crippen molar-refractivity contribution in [2.45, 2.75) is 13.0 Å². The number of carbonyl (C=O) groups excluding carboxylic acids is 2. The third-order valence-corrected chi connectivity index (χ3v) is 3.90. The molecule has 0 radical (unpaired) electrons. The van der Waals surface area contributed by atoms with Crippen LogP contribution in [0.5, 0.6) is 0 Å². The van der Waals surface area contributed by atoms with E-state index in [0.717, 1.165) is 22.5 Å². The normalized spacial score (nSPS) is 13.0. The van der Waals surface area contributed by atoms with Gasteiger partial charge in [-0.05, 0) is 29.3 Å². The molecular weight excluding hydrogens is 292 g/mol. The minimum Gasteiger partial charge on any atom is -0.347 e. The highest BCUT2D eigenvalue weighted by Gasteiger charge is 2.17. The number of hydrogen-bond acceptors (Lipinski definition) is 3. The van der Waals surface area contributed by atoms with Crippen molar-refractivity contribution in [3.8, 4) is 0 Å². The average molecular weight is 306 g/mol. The zero-order valence-corrected chi connectivity index (χ0v) is 12.2. The van der Waals surface area contributed by atoms with Crippen LogP contribution in [0.2, 0.25) is 0 Å². The topological polar surface area (TPSA) is 75.5 Å². The molecule has 4 rings (SSSR count). The number of nitrogens with one attached hydrogen (secondary N) is 2. The number of pyridine rings is 1. The van der Waals surface area contributed by atoms with E-state index in [4.69, 9.17) is 0 Å². The lowest BCUT2D eigenvalue weighted by molar-refractivity contribution is -0.115. The van der Waals surface area contributed by atoms with Gasteiger partial charge in [-0.25, -0.2) is 4.98 Å². The summed E-state index contributed by atoms with van der Waals surface area (Å²) in [6.07, 6.45) is 3.77. The molecule has 114 valence electrons. The molecule has 0 saturated carbocycles. The van der Waals surface area contributed by atoms with Gasteiger partial charge in [0, 0.05) is 18.4 Å². The lowest BCUT2D eigenvalue weighted by atomic mass is 10.1. The van der Waals surface area contributed by atoms with Crippen LogP contribution >= 0.6 is 0 Å². The fraction of sp³-hybridized carbons (Fsp3) is 0.118. The maximum atomic E-state index is 12.3. The van der Waals surface area contributed by atoms with Crippen LogP contribution in [0.1, 0.15) is 21.6 Å². The van der Waals surface area contributed by atoms with Gasteiger partial charge in [-0.15, -0.1) is 0 Å². The number of anilines is 1. The van der Waals surface area contributed by atoms with E-state index < -0.39 is 0 Å². The maximum Gasteiger partial charge on any atom is 0.270 e. The van der Waals surface area contributed by atoms with Crippen LogP contribution in [0.3, 0.4) is 0 Å². The Morgan fingerprint density at radius 1 is 1.30 bits per heavy atom. The second-order valence-corrected chi connectivity index (χ2v) is 5.47. The molecule has 2 amide bonds. The van der Waals surface area contributed by atoms with Crippen molar-refractivity contribution < 1.29 is 9.59 Å². The summed E-state index contributed by atoms with van der Waals surface area (Å²) in [6, 6.07) is 11.3. The second-order valence-electron chi connectivity index (χ2n) is 5.47. The van der Waals surface area contributed by atoms with Gasteiger partial charge in [0.1, 0.15) is 11.3 Å². The summed E-state index contributed by atoms with van der Waals surface area (Å²) in [5, 5.41) is 5.68. The van der Waals surface area contributed by atoms with Crippen LogP contribution in [0.15, 0.2) is 48.8 Å². The third-order valence-electron chi connectivity index (χ3n) is 3.90. The lowest BCUT2D eigenvalue weighted by Gasteiger charge is -2.07. The Hall–Kier alpha value is -3.15. The molecule has 0 fully saturated rings. The molecule has 1 aliphatic heterocycles. The number of imidazole rings is 1. The van der Waals surface area contributed by atoms with Crippen LogP contribution in [0, 0.1) is 0 Å². The molecule has 0 bridgehead atoms. The fourth-order valence-corrected chi connectivity index (χ4v) is 2.77. The Kier molecular flexibility index (Phi) is 3.08. The number of carbonyl (C=O) groups is 2. The van der Waals surface area contributed by atoms with Crippen molar-refractivity contribution in [1.29, 1.82) is 0 Å². The molecule has 2 aromatic heterocycles. The summed E-state index contributed by atoms with van der Waals surface area (Å²) < 4.78 is 1.75. The molecule has 23 heavy (non-hydrogen) atoms. The molecule has 0 unspecified atom stereocenters. The predicted molar refractivity (Wildman–Crippen MR) is 85.1 cm³/mol.